The van der Waals surface area contributed by atoms with Crippen LogP contribution in [0, 0.1) is 0 Å². The van der Waals surface area contributed by atoms with Crippen LogP contribution in [-0.2, 0) is 31.6 Å². The van der Waals surface area contributed by atoms with E-state index in [9.17, 15) is 38.1 Å². The van der Waals surface area contributed by atoms with Gasteiger partial charge < -0.3 is 38.4 Å². The van der Waals surface area contributed by atoms with Gasteiger partial charge in [-0.25, -0.2) is 14.3 Å². The Balaban J connectivity index is 0. The summed E-state index contributed by atoms with van der Waals surface area (Å²) in [6.07, 6.45) is 1.64. The average Bonchev–Trinajstić information content (AvgIpc) is 3.16. The first-order chi connectivity index (χ1) is 13.4. The van der Waals surface area contributed by atoms with Gasteiger partial charge in [0.05, 0.1) is 33.2 Å². The molecule has 0 aliphatic carbocycles. The number of H-pyrrole nitrogens is 1. The fourth-order valence-electron chi connectivity index (χ4n) is 2.55. The van der Waals surface area contributed by atoms with Crippen molar-refractivity contribution in [2.75, 3.05) is 6.61 Å². The first-order valence-electron chi connectivity index (χ1n) is 7.62. The molecular weight excluding hydrogens is 489 g/mol. The van der Waals surface area contributed by atoms with Crippen molar-refractivity contribution in [3.63, 3.8) is 0 Å². The number of nitrogens with one attached hydrogen (secondary N) is 1. The summed E-state index contributed by atoms with van der Waals surface area (Å²) in [5.41, 5.74) is -0.142. The number of aromatic nitrogens is 4. The Bertz CT molecular complexity index is 1110. The van der Waals surface area contributed by atoms with E-state index in [1.807, 2.05) is 0 Å². The number of rotatable bonds is 8. The smallest absolute Gasteiger partial charge is 0.790 e. The number of phosphoric acid groups is 3. The topological polar surface area (TPSA) is 244 Å². The monoisotopic (exact) mass is 500 g/mol. The Hall–Kier alpha value is 1.11. The second kappa shape index (κ2) is 14.2. The summed E-state index contributed by atoms with van der Waals surface area (Å²) in [6.45, 7) is -0.676. The minimum Gasteiger partial charge on any atom is -0.790 e. The van der Waals surface area contributed by atoms with E-state index < -0.39 is 48.0 Å². The largest absolute Gasteiger partial charge is 1.00 e. The van der Waals surface area contributed by atoms with Crippen LogP contribution < -0.4 is 101 Å². The zero-order chi connectivity index (χ0) is 21.4. The maximum Gasteiger partial charge on any atom is 1.00 e. The van der Waals surface area contributed by atoms with Gasteiger partial charge in [-0.15, -0.1) is 0 Å². The minimum absolute atomic E-state index is 0. The summed E-state index contributed by atoms with van der Waals surface area (Å²) >= 11 is 0. The first kappa shape index (κ1) is 36.3. The number of nitrogens with zero attached hydrogens (tertiary/aromatic N) is 3. The summed E-state index contributed by atoms with van der Waals surface area (Å²) in [6, 6.07) is 0. The van der Waals surface area contributed by atoms with Crippen LogP contribution >= 0.6 is 23.5 Å². The van der Waals surface area contributed by atoms with Crippen molar-refractivity contribution in [1.82, 2.24) is 19.5 Å². The maximum absolute atomic E-state index is 11.7. The molecule has 1 saturated heterocycles. The molecule has 23 heteroatoms. The number of phosphoric ester groups is 1. The first-order valence-corrected chi connectivity index (χ1v) is 12.0. The molecule has 1 aliphatic rings. The molecule has 0 aromatic carbocycles. The normalized spacial score (nSPS) is 21.5. The molecule has 4 unspecified atom stereocenters. The maximum atomic E-state index is 11.7. The van der Waals surface area contributed by atoms with Gasteiger partial charge in [0.1, 0.15) is 6.23 Å². The fraction of sp³-hybridized carbons (Fsp3) is 0.500. The second-order valence-corrected chi connectivity index (χ2v) is 9.89. The van der Waals surface area contributed by atoms with Gasteiger partial charge in [0, 0.05) is 0 Å². The Morgan fingerprint density at radius 1 is 1.03 bits per heavy atom. The molecule has 4 atom stereocenters. The van der Waals surface area contributed by atoms with Crippen LogP contribution in [0.3, 0.4) is 0 Å². The molecule has 1 fully saturated rings. The molecule has 2 aromatic rings. The zero-order valence-corrected chi connectivity index (χ0v) is 20.7. The van der Waals surface area contributed by atoms with Crippen molar-refractivity contribution < 1.29 is 127 Å². The van der Waals surface area contributed by atoms with Crippen LogP contribution in [0.1, 0.15) is 19.1 Å². The summed E-state index contributed by atoms with van der Waals surface area (Å²) < 4.78 is 50.8. The van der Waals surface area contributed by atoms with E-state index in [2.05, 4.69) is 28.1 Å². The van der Waals surface area contributed by atoms with Gasteiger partial charge in [-0.1, -0.05) is 0 Å². The molecule has 0 bridgehead atoms. The summed E-state index contributed by atoms with van der Waals surface area (Å²) in [4.78, 5) is 65.1. The number of hydrogen-bond donors (Lipinski definition) is 1. The van der Waals surface area contributed by atoms with Crippen LogP contribution in [-0.4, -0.2) is 32.2 Å². The van der Waals surface area contributed by atoms with Gasteiger partial charge in [0.2, 0.25) is 0 Å². The van der Waals surface area contributed by atoms with Crippen molar-refractivity contribution in [2.45, 2.75) is 25.2 Å². The van der Waals surface area contributed by atoms with E-state index >= 15 is 0 Å². The van der Waals surface area contributed by atoms with Crippen LogP contribution in [0.5, 0.6) is 0 Å². The molecule has 2 aromatic heterocycles. The fourth-order valence-corrected chi connectivity index (χ4v) is 5.43. The number of ether oxygens (including phenoxy) is 1. The summed E-state index contributed by atoms with van der Waals surface area (Å²) in [5, 5.41) is 0. The minimum atomic E-state index is -6.05. The zero-order valence-electron chi connectivity index (χ0n) is 18.0. The Labute approximate surface area is 234 Å². The SMILES string of the molecule is O=c1[nH]cnc2c1ncn2C1CCC(COP(=O)([O-])OP(=O)([O-])OP(=O)([O-])[O-])O1.[Li+].[Li+].[Li+].[Li+]. The molecule has 0 amide bonds. The molecule has 33 heavy (non-hydrogen) atoms. The van der Waals surface area contributed by atoms with Crippen molar-refractivity contribution in [3.05, 3.63) is 23.0 Å². The van der Waals surface area contributed by atoms with Gasteiger partial charge in [-0.3, -0.25) is 22.8 Å². The number of fused-ring (bicyclic) bond motifs is 1. The van der Waals surface area contributed by atoms with Gasteiger partial charge in [-0.2, -0.15) is 0 Å². The van der Waals surface area contributed by atoms with E-state index in [4.69, 9.17) is 4.74 Å². The molecule has 0 radical (unpaired) electrons. The van der Waals surface area contributed by atoms with Gasteiger partial charge in [-0.05, 0) is 12.8 Å². The Morgan fingerprint density at radius 3 is 2.27 bits per heavy atom. The molecule has 16 nitrogen and oxygen atoms in total. The van der Waals surface area contributed by atoms with Gasteiger partial charge in [0.15, 0.2) is 11.2 Å². The third-order valence-electron chi connectivity index (χ3n) is 3.58. The summed E-state index contributed by atoms with van der Waals surface area (Å²) in [7, 11) is -17.7. The molecule has 3 rings (SSSR count). The number of hydrogen-bond acceptors (Lipinski definition) is 14. The van der Waals surface area contributed by atoms with Crippen molar-refractivity contribution in [1.29, 1.82) is 0 Å². The van der Waals surface area contributed by atoms with Crippen molar-refractivity contribution >= 4 is 34.6 Å². The molecule has 0 spiro atoms. The van der Waals surface area contributed by atoms with E-state index in [1.165, 1.54) is 17.2 Å². The van der Waals surface area contributed by atoms with Crippen LogP contribution in [0.4, 0.5) is 0 Å². The third kappa shape index (κ3) is 10.6. The standard InChI is InChI=1S/C10H15N4O12P3.4Li/c15-10-8-9(11-4-12-10)14(5-13-8)7-2-1-6(24-7)3-23-28(19,20)26-29(21,22)25-27(16,17)18;;;;/h4-7H,1-3H2,(H,19,20)(H,21,22)(H,11,12,15)(H2,16,17,18);;;;/q;4*+1/p-4. The quantitative estimate of drug-likeness (QED) is 0.261. The Morgan fingerprint density at radius 2 is 1.67 bits per heavy atom. The average molecular weight is 500 g/mol. The van der Waals surface area contributed by atoms with Gasteiger partial charge in [0.25, 0.3) is 21.2 Å². The molecule has 1 aliphatic heterocycles. The predicted molar refractivity (Wildman–Crippen MR) is 82.2 cm³/mol. The van der Waals surface area contributed by atoms with Crippen LogP contribution in [0.25, 0.3) is 11.2 Å². The molecule has 1 N–H and O–H groups in total. The van der Waals surface area contributed by atoms with Crippen LogP contribution in [0.15, 0.2) is 17.4 Å². The second-order valence-electron chi connectivity index (χ2n) is 5.65. The van der Waals surface area contributed by atoms with E-state index in [1.54, 1.807) is 0 Å². The predicted octanol–water partition coefficient (Wildman–Crippen LogP) is -14.4. The van der Waals surface area contributed by atoms with Crippen molar-refractivity contribution in [3.8, 4) is 0 Å². The van der Waals surface area contributed by atoms with Crippen molar-refractivity contribution in [2.24, 2.45) is 0 Å². The molecular formula is C10H11Li4N4O12P3. The van der Waals surface area contributed by atoms with Crippen LogP contribution in [0.2, 0.25) is 0 Å². The summed E-state index contributed by atoms with van der Waals surface area (Å²) in [5.74, 6) is 0. The molecule has 3 heterocycles. The molecule has 162 valence electrons. The van der Waals surface area contributed by atoms with E-state index in [0.29, 0.717) is 6.42 Å². The van der Waals surface area contributed by atoms with Gasteiger partial charge >= 0.3 is 75.4 Å². The number of imidazole rings is 1. The number of aromatic amines is 1. The third-order valence-corrected chi connectivity index (χ3v) is 7.24. The van der Waals surface area contributed by atoms with E-state index in [-0.39, 0.29) is 93.0 Å². The molecule has 0 saturated carbocycles. The van der Waals surface area contributed by atoms with E-state index in [0.717, 1.165) is 0 Å². The Kier molecular flexibility index (Phi) is 15.6.